The van der Waals surface area contributed by atoms with Gasteiger partial charge in [0.2, 0.25) is 0 Å². The zero-order valence-electron chi connectivity index (χ0n) is 20.4. The first-order chi connectivity index (χ1) is 13.9. The molecule has 0 N–H and O–H groups in total. The zero-order valence-corrected chi connectivity index (χ0v) is 20.4. The first-order valence-corrected chi connectivity index (χ1v) is 10.1. The maximum atomic E-state index is 12.9. The van der Waals surface area contributed by atoms with Crippen molar-refractivity contribution in [3.63, 3.8) is 0 Å². The lowest BCUT2D eigenvalue weighted by Crippen LogP contribution is -2.53. The van der Waals surface area contributed by atoms with Crippen LogP contribution in [-0.2, 0) is 28.5 Å². The summed E-state index contributed by atoms with van der Waals surface area (Å²) >= 11 is 0. The minimum atomic E-state index is -1.33. The molecule has 0 radical (unpaired) electrons. The highest BCUT2D eigenvalue weighted by molar-refractivity contribution is 5.94. The Kier molecular flexibility index (Phi) is 10.2. The molecule has 0 saturated heterocycles. The van der Waals surface area contributed by atoms with Crippen molar-refractivity contribution in [3.05, 3.63) is 12.2 Å². The fourth-order valence-electron chi connectivity index (χ4n) is 2.18. The molecule has 0 heterocycles. The lowest BCUT2D eigenvalue weighted by Gasteiger charge is -2.33. The monoisotopic (exact) mass is 443 g/mol. The normalized spacial score (nSPS) is 13.4. The van der Waals surface area contributed by atoms with E-state index in [1.54, 1.807) is 62.3 Å². The van der Waals surface area contributed by atoms with Gasteiger partial charge in [0.05, 0.1) is 7.11 Å². The number of carbonyl (C=O) groups excluding carboxylic acids is 4. The van der Waals surface area contributed by atoms with Crippen LogP contribution in [0.5, 0.6) is 0 Å². The Hall–Kier alpha value is -2.58. The van der Waals surface area contributed by atoms with Gasteiger partial charge >= 0.3 is 24.1 Å². The zero-order chi connectivity index (χ0) is 24.6. The van der Waals surface area contributed by atoms with Crippen LogP contribution in [0.2, 0.25) is 0 Å². The van der Waals surface area contributed by atoms with Gasteiger partial charge in [-0.15, -0.1) is 0 Å². The van der Waals surface area contributed by atoms with E-state index in [2.05, 4.69) is 4.74 Å². The maximum Gasteiger partial charge on any atom is 0.420 e. The number of rotatable bonds is 6. The SMILES string of the molecule is COC(=O)/C=C/CC[C@@H](C(=O)OC(C)(C)C)N(C(=O)OC(C)(C)C)C(=O)OC(C)(C)C. The molecule has 0 aliphatic carbocycles. The molecule has 1 atom stereocenters. The van der Waals surface area contributed by atoms with Crippen molar-refractivity contribution in [1.82, 2.24) is 4.90 Å². The van der Waals surface area contributed by atoms with Crippen LogP contribution in [0.4, 0.5) is 9.59 Å². The molecule has 2 amide bonds. The highest BCUT2D eigenvalue weighted by Gasteiger charge is 2.41. The van der Waals surface area contributed by atoms with E-state index in [-0.39, 0.29) is 12.8 Å². The quantitative estimate of drug-likeness (QED) is 0.338. The molecule has 0 aromatic rings. The van der Waals surface area contributed by atoms with Gasteiger partial charge in [-0.1, -0.05) is 6.08 Å². The predicted octanol–water partition coefficient (Wildman–Crippen LogP) is 4.38. The Bertz CT molecular complexity index is 649. The highest BCUT2D eigenvalue weighted by Crippen LogP contribution is 2.22. The van der Waals surface area contributed by atoms with Gasteiger partial charge in [0.15, 0.2) is 0 Å². The molecule has 0 aromatic heterocycles. The molecular formula is C22H37NO8. The second-order valence-electron chi connectivity index (χ2n) is 9.88. The molecule has 0 aliphatic rings. The van der Waals surface area contributed by atoms with Crippen molar-refractivity contribution in [2.45, 2.75) is 98.0 Å². The summed E-state index contributed by atoms with van der Waals surface area (Å²) in [6.07, 6.45) is 0.773. The summed E-state index contributed by atoms with van der Waals surface area (Å²) in [5, 5.41) is 0. The van der Waals surface area contributed by atoms with Crippen LogP contribution >= 0.6 is 0 Å². The van der Waals surface area contributed by atoms with E-state index in [1.807, 2.05) is 0 Å². The third-order valence-electron chi connectivity index (χ3n) is 3.23. The van der Waals surface area contributed by atoms with E-state index >= 15 is 0 Å². The molecule has 31 heavy (non-hydrogen) atoms. The molecule has 0 aromatic carbocycles. The van der Waals surface area contributed by atoms with E-state index < -0.39 is 47.0 Å². The third-order valence-corrected chi connectivity index (χ3v) is 3.23. The molecule has 9 nitrogen and oxygen atoms in total. The third kappa shape index (κ3) is 12.7. The number of esters is 2. The first-order valence-electron chi connectivity index (χ1n) is 10.1. The largest absolute Gasteiger partial charge is 0.466 e. The minimum Gasteiger partial charge on any atom is -0.466 e. The average molecular weight is 444 g/mol. The standard InChI is InChI=1S/C22H37NO8/c1-20(2,3)29-17(25)15(13-11-12-14-16(24)28-10)23(18(26)30-21(4,5)6)19(27)31-22(7,8)9/h12,14-15H,11,13H2,1-10H3/b14-12+/t15-/m0/s1. The smallest absolute Gasteiger partial charge is 0.420 e. The van der Waals surface area contributed by atoms with Crippen LogP contribution in [0, 0.1) is 0 Å². The molecular weight excluding hydrogens is 406 g/mol. The molecule has 9 heteroatoms. The summed E-state index contributed by atoms with van der Waals surface area (Å²) < 4.78 is 20.6. The lowest BCUT2D eigenvalue weighted by molar-refractivity contribution is -0.161. The van der Waals surface area contributed by atoms with Crippen LogP contribution in [0.15, 0.2) is 12.2 Å². The summed E-state index contributed by atoms with van der Waals surface area (Å²) in [7, 11) is 1.24. The van der Waals surface area contributed by atoms with Gasteiger partial charge in [-0.05, 0) is 75.2 Å². The van der Waals surface area contributed by atoms with Crippen LogP contribution < -0.4 is 0 Å². The van der Waals surface area contributed by atoms with E-state index in [1.165, 1.54) is 19.3 Å². The number of imide groups is 1. The summed E-state index contributed by atoms with van der Waals surface area (Å²) in [4.78, 5) is 50.6. The molecule has 0 fully saturated rings. The van der Waals surface area contributed by atoms with Crippen molar-refractivity contribution in [3.8, 4) is 0 Å². The molecule has 0 unspecified atom stereocenters. The molecule has 0 bridgehead atoms. The minimum absolute atomic E-state index is 0.0130. The molecule has 0 saturated carbocycles. The Labute approximate surface area is 185 Å². The van der Waals surface area contributed by atoms with Crippen molar-refractivity contribution in [2.75, 3.05) is 7.11 Å². The van der Waals surface area contributed by atoms with Crippen molar-refractivity contribution < 1.29 is 38.1 Å². The Morgan fingerprint density at radius 1 is 0.774 bits per heavy atom. The number of carbonyl (C=O) groups is 4. The van der Waals surface area contributed by atoms with Gasteiger partial charge in [-0.25, -0.2) is 19.2 Å². The van der Waals surface area contributed by atoms with E-state index in [0.29, 0.717) is 4.90 Å². The summed E-state index contributed by atoms with van der Waals surface area (Å²) in [5.41, 5.74) is -2.69. The number of allylic oxidation sites excluding steroid dienone is 1. The maximum absolute atomic E-state index is 12.9. The van der Waals surface area contributed by atoms with Crippen molar-refractivity contribution in [1.29, 1.82) is 0 Å². The molecule has 0 aliphatic heterocycles. The summed E-state index contributed by atoms with van der Waals surface area (Å²) in [5.74, 6) is -1.36. The predicted molar refractivity (Wildman–Crippen MR) is 114 cm³/mol. The fraction of sp³-hybridized carbons (Fsp3) is 0.727. The molecule has 178 valence electrons. The van der Waals surface area contributed by atoms with Crippen LogP contribution in [-0.4, -0.2) is 59.0 Å². The van der Waals surface area contributed by atoms with E-state index in [9.17, 15) is 19.2 Å². The Morgan fingerprint density at radius 3 is 1.55 bits per heavy atom. The lowest BCUT2D eigenvalue weighted by atomic mass is 10.1. The molecule has 0 rings (SSSR count). The first kappa shape index (κ1) is 28.4. The topological polar surface area (TPSA) is 108 Å². The van der Waals surface area contributed by atoms with Crippen molar-refractivity contribution in [2.24, 2.45) is 0 Å². The van der Waals surface area contributed by atoms with Crippen LogP contribution in [0.3, 0.4) is 0 Å². The van der Waals surface area contributed by atoms with Crippen LogP contribution in [0.25, 0.3) is 0 Å². The van der Waals surface area contributed by atoms with Gasteiger partial charge < -0.3 is 18.9 Å². The van der Waals surface area contributed by atoms with Gasteiger partial charge in [0.1, 0.15) is 22.8 Å². The highest BCUT2D eigenvalue weighted by atomic mass is 16.6. The number of methoxy groups -OCH3 is 1. The number of hydrogen-bond acceptors (Lipinski definition) is 8. The van der Waals surface area contributed by atoms with E-state index in [0.717, 1.165) is 0 Å². The van der Waals surface area contributed by atoms with E-state index in [4.69, 9.17) is 14.2 Å². The summed E-state index contributed by atoms with van der Waals surface area (Å²) in [6.45, 7) is 14.8. The van der Waals surface area contributed by atoms with Crippen molar-refractivity contribution >= 4 is 24.1 Å². The van der Waals surface area contributed by atoms with Crippen LogP contribution in [0.1, 0.15) is 75.2 Å². The number of amides is 2. The second-order valence-corrected chi connectivity index (χ2v) is 9.88. The molecule has 0 spiro atoms. The fourth-order valence-corrected chi connectivity index (χ4v) is 2.18. The van der Waals surface area contributed by atoms with Gasteiger partial charge in [-0.3, -0.25) is 0 Å². The average Bonchev–Trinajstić information content (AvgIpc) is 2.51. The number of nitrogens with zero attached hydrogens (tertiary/aromatic N) is 1. The van der Waals surface area contributed by atoms with Gasteiger partial charge in [0, 0.05) is 6.08 Å². The Balaban J connectivity index is 6.04. The van der Waals surface area contributed by atoms with Gasteiger partial charge in [0.25, 0.3) is 0 Å². The summed E-state index contributed by atoms with van der Waals surface area (Å²) in [6, 6.07) is -1.33. The number of hydrogen-bond donors (Lipinski definition) is 0. The second kappa shape index (κ2) is 11.2. The number of ether oxygens (including phenoxy) is 4. The Morgan fingerprint density at radius 2 is 1.19 bits per heavy atom. The van der Waals surface area contributed by atoms with Gasteiger partial charge in [-0.2, -0.15) is 4.90 Å².